The first-order chi connectivity index (χ1) is 9.54. The third-order valence-corrected chi connectivity index (χ3v) is 3.57. The first-order valence-corrected chi connectivity index (χ1v) is 7.42. The Morgan fingerprint density at radius 1 is 1.40 bits per heavy atom. The van der Waals surface area contributed by atoms with Crippen LogP contribution in [0.1, 0.15) is 25.2 Å². The maximum Gasteiger partial charge on any atom is 0.213 e. The molecule has 1 aromatic carbocycles. The average Bonchev–Trinajstić information content (AvgIpc) is 2.78. The van der Waals surface area contributed by atoms with Gasteiger partial charge in [-0.15, -0.1) is 5.10 Å². The van der Waals surface area contributed by atoms with Crippen molar-refractivity contribution in [2.75, 3.05) is 6.54 Å². The summed E-state index contributed by atoms with van der Waals surface area (Å²) in [6.07, 6.45) is 0. The van der Waals surface area contributed by atoms with Crippen molar-refractivity contribution in [2.45, 2.75) is 37.4 Å². The Morgan fingerprint density at radius 2 is 2.20 bits per heavy atom. The van der Waals surface area contributed by atoms with E-state index in [0.29, 0.717) is 22.5 Å². The van der Waals surface area contributed by atoms with E-state index in [4.69, 9.17) is 0 Å². The molecule has 0 aliphatic carbocycles. The van der Waals surface area contributed by atoms with Crippen LogP contribution in [0.2, 0.25) is 0 Å². The first kappa shape index (κ1) is 15.0. The summed E-state index contributed by atoms with van der Waals surface area (Å²) >= 11 is 1.22. The van der Waals surface area contributed by atoms with Crippen molar-refractivity contribution < 1.29 is 4.39 Å². The molecule has 4 nitrogen and oxygen atoms in total. The van der Waals surface area contributed by atoms with Gasteiger partial charge in [-0.25, -0.2) is 9.37 Å². The molecule has 0 aliphatic rings. The van der Waals surface area contributed by atoms with Gasteiger partial charge in [0.1, 0.15) is 11.6 Å². The van der Waals surface area contributed by atoms with Crippen LogP contribution in [0.3, 0.4) is 0 Å². The fraction of sp³-hybridized carbons (Fsp3) is 0.429. The van der Waals surface area contributed by atoms with Crippen molar-refractivity contribution in [1.82, 2.24) is 20.5 Å². The summed E-state index contributed by atoms with van der Waals surface area (Å²) in [7, 11) is 0. The topological polar surface area (TPSA) is 53.6 Å². The predicted molar refractivity (Wildman–Crippen MR) is 78.2 cm³/mol. The van der Waals surface area contributed by atoms with Gasteiger partial charge in [-0.2, -0.15) is 0 Å². The minimum atomic E-state index is -0.235. The van der Waals surface area contributed by atoms with Crippen LogP contribution in [0, 0.1) is 18.7 Å². The Morgan fingerprint density at radius 3 is 2.80 bits per heavy atom. The van der Waals surface area contributed by atoms with Gasteiger partial charge in [-0.05, 0) is 48.8 Å². The summed E-state index contributed by atoms with van der Waals surface area (Å²) in [6.45, 7) is 7.71. The van der Waals surface area contributed by atoms with Crippen molar-refractivity contribution >= 4 is 11.8 Å². The molecule has 0 radical (unpaired) electrons. The zero-order valence-corrected chi connectivity index (χ0v) is 12.7. The lowest BCUT2D eigenvalue weighted by Gasteiger charge is -2.08. The normalized spacial score (nSPS) is 11.2. The van der Waals surface area contributed by atoms with E-state index >= 15 is 0 Å². The number of nitrogens with one attached hydrogen (secondary N) is 2. The van der Waals surface area contributed by atoms with Crippen LogP contribution in [-0.2, 0) is 6.54 Å². The van der Waals surface area contributed by atoms with E-state index < -0.39 is 0 Å². The number of nitrogens with zero attached hydrogens (tertiary/aromatic N) is 2. The summed E-state index contributed by atoms with van der Waals surface area (Å²) in [5, 5.41) is 10.6. The molecule has 0 bridgehead atoms. The number of aryl methyl sites for hydroxylation is 1. The molecular weight excluding hydrogens is 275 g/mol. The van der Waals surface area contributed by atoms with E-state index in [1.54, 1.807) is 12.1 Å². The van der Waals surface area contributed by atoms with Crippen LogP contribution in [0.15, 0.2) is 28.3 Å². The zero-order chi connectivity index (χ0) is 14.5. The molecule has 1 aromatic heterocycles. The maximum atomic E-state index is 14.0. The van der Waals surface area contributed by atoms with Crippen molar-refractivity contribution in [2.24, 2.45) is 5.92 Å². The highest BCUT2D eigenvalue weighted by Gasteiger charge is 2.08. The molecule has 0 saturated carbocycles. The van der Waals surface area contributed by atoms with E-state index in [1.807, 2.05) is 13.0 Å². The number of rotatable bonds is 6. The molecule has 0 aliphatic heterocycles. The molecule has 2 N–H and O–H groups in total. The third-order valence-electron chi connectivity index (χ3n) is 2.66. The molecule has 108 valence electrons. The summed E-state index contributed by atoms with van der Waals surface area (Å²) < 4.78 is 14.0. The van der Waals surface area contributed by atoms with Gasteiger partial charge in [0.15, 0.2) is 0 Å². The number of benzene rings is 1. The summed E-state index contributed by atoms with van der Waals surface area (Å²) in [4.78, 5) is 4.69. The van der Waals surface area contributed by atoms with Crippen LogP contribution in [-0.4, -0.2) is 21.7 Å². The smallest absolute Gasteiger partial charge is 0.213 e. The Bertz CT molecular complexity index is 568. The minimum Gasteiger partial charge on any atom is -0.312 e. The standard InChI is InChI=1S/C14H19FN4S/c1-9(2)7-16-8-11-4-5-13(12(15)6-11)20-14-17-10(3)18-19-14/h4-6,9,16H,7-8H2,1-3H3,(H,17,18,19). The van der Waals surface area contributed by atoms with Gasteiger partial charge in [0, 0.05) is 6.54 Å². The van der Waals surface area contributed by atoms with Gasteiger partial charge < -0.3 is 5.32 Å². The Kier molecular flexibility index (Phi) is 5.14. The highest BCUT2D eigenvalue weighted by atomic mass is 32.2. The molecule has 0 fully saturated rings. The van der Waals surface area contributed by atoms with E-state index in [1.165, 1.54) is 11.8 Å². The molecule has 20 heavy (non-hydrogen) atoms. The third kappa shape index (κ3) is 4.31. The van der Waals surface area contributed by atoms with Gasteiger partial charge in [0.05, 0.1) is 4.90 Å². The second-order valence-corrected chi connectivity index (χ2v) is 6.10. The van der Waals surface area contributed by atoms with Crippen LogP contribution in [0.25, 0.3) is 0 Å². The van der Waals surface area contributed by atoms with Crippen LogP contribution < -0.4 is 5.32 Å². The second kappa shape index (κ2) is 6.85. The highest BCUT2D eigenvalue weighted by Crippen LogP contribution is 2.27. The minimum absolute atomic E-state index is 0.235. The zero-order valence-electron chi connectivity index (χ0n) is 11.9. The first-order valence-electron chi connectivity index (χ1n) is 6.60. The Balaban J connectivity index is 1.98. The second-order valence-electron chi connectivity index (χ2n) is 5.09. The number of hydrogen-bond acceptors (Lipinski definition) is 4. The Hall–Kier alpha value is -1.40. The van der Waals surface area contributed by atoms with Crippen molar-refractivity contribution in [1.29, 1.82) is 0 Å². The molecule has 0 saturated heterocycles. The van der Waals surface area contributed by atoms with Gasteiger partial charge in [-0.3, -0.25) is 5.10 Å². The summed E-state index contributed by atoms with van der Waals surface area (Å²) in [5.74, 6) is 1.08. The SMILES string of the molecule is Cc1nc(Sc2ccc(CNCC(C)C)cc2F)n[nH]1. The quantitative estimate of drug-likeness (QED) is 0.859. The molecule has 1 heterocycles. The average molecular weight is 294 g/mol. The van der Waals surface area contributed by atoms with Crippen LogP contribution in [0.5, 0.6) is 0 Å². The molecule has 0 unspecified atom stereocenters. The fourth-order valence-corrected chi connectivity index (χ4v) is 2.47. The Labute approximate surface area is 122 Å². The number of halogens is 1. The van der Waals surface area contributed by atoms with Gasteiger partial charge in [-0.1, -0.05) is 19.9 Å². The van der Waals surface area contributed by atoms with Gasteiger partial charge in [0.2, 0.25) is 5.16 Å². The lowest BCUT2D eigenvalue weighted by Crippen LogP contribution is -2.18. The van der Waals surface area contributed by atoms with E-state index in [2.05, 4.69) is 34.3 Å². The molecular formula is C14H19FN4S. The molecule has 2 rings (SSSR count). The lowest BCUT2D eigenvalue weighted by molar-refractivity contribution is 0.548. The molecule has 0 atom stereocenters. The lowest BCUT2D eigenvalue weighted by atomic mass is 10.2. The largest absolute Gasteiger partial charge is 0.312 e. The van der Waals surface area contributed by atoms with Crippen molar-refractivity contribution in [3.63, 3.8) is 0 Å². The van der Waals surface area contributed by atoms with Gasteiger partial charge >= 0.3 is 0 Å². The predicted octanol–water partition coefficient (Wildman–Crippen LogP) is 3.15. The van der Waals surface area contributed by atoms with Crippen LogP contribution in [0.4, 0.5) is 4.39 Å². The van der Waals surface area contributed by atoms with Gasteiger partial charge in [0.25, 0.3) is 0 Å². The molecule has 2 aromatic rings. The monoisotopic (exact) mass is 294 g/mol. The number of aromatic amines is 1. The van der Waals surface area contributed by atoms with Crippen molar-refractivity contribution in [3.8, 4) is 0 Å². The molecule has 0 spiro atoms. The maximum absolute atomic E-state index is 14.0. The summed E-state index contributed by atoms with van der Waals surface area (Å²) in [5.41, 5.74) is 0.943. The molecule has 6 heteroatoms. The van der Waals surface area contributed by atoms with Crippen molar-refractivity contribution in [3.05, 3.63) is 35.4 Å². The van der Waals surface area contributed by atoms with E-state index in [9.17, 15) is 4.39 Å². The number of hydrogen-bond donors (Lipinski definition) is 2. The van der Waals surface area contributed by atoms with E-state index in [-0.39, 0.29) is 5.82 Å². The fourth-order valence-electron chi connectivity index (χ4n) is 1.71. The number of aromatic nitrogens is 3. The van der Waals surface area contributed by atoms with E-state index in [0.717, 1.165) is 17.9 Å². The molecule has 0 amide bonds. The summed E-state index contributed by atoms with van der Waals surface area (Å²) in [6, 6.07) is 5.27. The number of H-pyrrole nitrogens is 1. The highest BCUT2D eigenvalue weighted by molar-refractivity contribution is 7.99. The van der Waals surface area contributed by atoms with Crippen LogP contribution >= 0.6 is 11.8 Å².